The molecule has 108 valence electrons. The minimum Gasteiger partial charge on any atom is -0.361 e. The SMILES string of the molecule is C=CS(=O)(=O)NC(C)(C)Cc1c[nH]c2cccc(Br)c12. The minimum absolute atomic E-state index is 0.572. The number of fused-ring (bicyclic) bond motifs is 1. The Morgan fingerprint density at radius 2 is 2.15 bits per heavy atom. The third-order valence-electron chi connectivity index (χ3n) is 3.01. The first-order chi connectivity index (χ1) is 9.24. The molecule has 20 heavy (non-hydrogen) atoms. The molecule has 0 aliphatic rings. The van der Waals surface area contributed by atoms with E-state index in [1.807, 2.05) is 38.2 Å². The average Bonchev–Trinajstić information content (AvgIpc) is 2.72. The van der Waals surface area contributed by atoms with Crippen LogP contribution < -0.4 is 4.72 Å². The Balaban J connectivity index is 2.34. The Hall–Kier alpha value is -1.11. The quantitative estimate of drug-likeness (QED) is 0.862. The lowest BCUT2D eigenvalue weighted by molar-refractivity contribution is 0.455. The number of benzene rings is 1. The number of aromatic amines is 1. The second-order valence-corrected chi connectivity index (χ2v) is 7.83. The molecule has 0 radical (unpaired) electrons. The normalized spacial score (nSPS) is 12.8. The molecule has 0 unspecified atom stereocenters. The van der Waals surface area contributed by atoms with Gasteiger partial charge in [-0.2, -0.15) is 0 Å². The number of hydrogen-bond acceptors (Lipinski definition) is 2. The van der Waals surface area contributed by atoms with Crippen molar-refractivity contribution in [3.05, 3.63) is 46.4 Å². The summed E-state index contributed by atoms with van der Waals surface area (Å²) in [5, 5.41) is 2.01. The van der Waals surface area contributed by atoms with Crippen LogP contribution in [0.1, 0.15) is 19.4 Å². The van der Waals surface area contributed by atoms with Crippen LogP contribution in [0.3, 0.4) is 0 Å². The van der Waals surface area contributed by atoms with E-state index in [2.05, 4.69) is 32.2 Å². The third-order valence-corrected chi connectivity index (χ3v) is 4.94. The van der Waals surface area contributed by atoms with E-state index in [1.165, 1.54) is 0 Å². The molecule has 0 aliphatic heterocycles. The van der Waals surface area contributed by atoms with Crippen LogP contribution in [-0.2, 0) is 16.4 Å². The molecule has 0 amide bonds. The zero-order chi connectivity index (χ0) is 15.0. The van der Waals surface area contributed by atoms with E-state index < -0.39 is 15.6 Å². The van der Waals surface area contributed by atoms with Crippen LogP contribution in [-0.4, -0.2) is 18.9 Å². The fraction of sp³-hybridized carbons (Fsp3) is 0.286. The molecule has 1 aromatic carbocycles. The summed E-state index contributed by atoms with van der Waals surface area (Å²) in [5.74, 6) is 0. The van der Waals surface area contributed by atoms with E-state index in [0.717, 1.165) is 26.3 Å². The highest BCUT2D eigenvalue weighted by Gasteiger charge is 2.25. The zero-order valence-electron chi connectivity index (χ0n) is 11.4. The Kier molecular flexibility index (Phi) is 4.09. The maximum atomic E-state index is 11.6. The van der Waals surface area contributed by atoms with E-state index in [4.69, 9.17) is 0 Å². The summed E-state index contributed by atoms with van der Waals surface area (Å²) in [6.45, 7) is 7.02. The van der Waals surface area contributed by atoms with Crippen LogP contribution in [0.25, 0.3) is 10.9 Å². The van der Waals surface area contributed by atoms with Gasteiger partial charge in [-0.3, -0.25) is 0 Å². The topological polar surface area (TPSA) is 62.0 Å². The number of H-pyrrole nitrogens is 1. The summed E-state index contributed by atoms with van der Waals surface area (Å²) >= 11 is 3.53. The smallest absolute Gasteiger partial charge is 0.233 e. The van der Waals surface area contributed by atoms with E-state index in [9.17, 15) is 8.42 Å². The molecule has 0 atom stereocenters. The van der Waals surface area contributed by atoms with Crippen molar-refractivity contribution in [2.45, 2.75) is 25.8 Å². The molecule has 0 spiro atoms. The fourth-order valence-corrected chi connectivity index (χ4v) is 3.83. The molecule has 0 bridgehead atoms. The second kappa shape index (κ2) is 5.35. The lowest BCUT2D eigenvalue weighted by atomic mass is 9.96. The molecule has 0 fully saturated rings. The summed E-state index contributed by atoms with van der Waals surface area (Å²) in [6.07, 6.45) is 2.49. The van der Waals surface area contributed by atoms with Crippen LogP contribution in [0.5, 0.6) is 0 Å². The van der Waals surface area contributed by atoms with Crippen LogP contribution >= 0.6 is 15.9 Å². The third kappa shape index (κ3) is 3.31. The van der Waals surface area contributed by atoms with Gasteiger partial charge in [0.25, 0.3) is 0 Å². The number of hydrogen-bond donors (Lipinski definition) is 2. The summed E-state index contributed by atoms with van der Waals surface area (Å²) < 4.78 is 26.9. The fourth-order valence-electron chi connectivity index (χ4n) is 2.29. The number of aromatic nitrogens is 1. The number of halogens is 1. The van der Waals surface area contributed by atoms with Crippen molar-refractivity contribution < 1.29 is 8.42 Å². The average molecular weight is 357 g/mol. The molecule has 0 saturated heterocycles. The van der Waals surface area contributed by atoms with Gasteiger partial charge in [0.2, 0.25) is 10.0 Å². The summed E-state index contributed by atoms with van der Waals surface area (Å²) in [6, 6.07) is 5.92. The van der Waals surface area contributed by atoms with E-state index in [1.54, 1.807) is 0 Å². The standard InChI is InChI=1S/C14H17BrN2O2S/c1-4-20(18,19)17-14(2,3)8-10-9-16-12-7-5-6-11(15)13(10)12/h4-7,9,16-17H,1,8H2,2-3H3. The van der Waals surface area contributed by atoms with Gasteiger partial charge in [-0.1, -0.05) is 28.6 Å². The van der Waals surface area contributed by atoms with Crippen molar-refractivity contribution in [3.8, 4) is 0 Å². The molecule has 2 rings (SSSR count). The molecular weight excluding hydrogens is 340 g/mol. The van der Waals surface area contributed by atoms with Gasteiger partial charge in [0.1, 0.15) is 0 Å². The Bertz CT molecular complexity index is 748. The first-order valence-corrected chi connectivity index (χ1v) is 8.49. The van der Waals surface area contributed by atoms with Crippen molar-refractivity contribution >= 4 is 36.9 Å². The number of sulfonamides is 1. The van der Waals surface area contributed by atoms with Gasteiger partial charge in [-0.25, -0.2) is 13.1 Å². The largest absolute Gasteiger partial charge is 0.361 e. The minimum atomic E-state index is -3.45. The summed E-state index contributed by atoms with van der Waals surface area (Å²) in [4.78, 5) is 3.20. The number of nitrogens with one attached hydrogen (secondary N) is 2. The highest BCUT2D eigenvalue weighted by Crippen LogP contribution is 2.29. The lowest BCUT2D eigenvalue weighted by Crippen LogP contribution is -2.44. The van der Waals surface area contributed by atoms with Crippen molar-refractivity contribution in [1.29, 1.82) is 0 Å². The first kappa shape index (κ1) is 15.3. The van der Waals surface area contributed by atoms with Crippen molar-refractivity contribution in [3.63, 3.8) is 0 Å². The molecule has 0 aliphatic carbocycles. The van der Waals surface area contributed by atoms with Gasteiger partial charge in [0.05, 0.1) is 0 Å². The van der Waals surface area contributed by atoms with Gasteiger partial charge < -0.3 is 4.98 Å². The number of rotatable bonds is 5. The molecule has 1 heterocycles. The van der Waals surface area contributed by atoms with Gasteiger partial charge in [0.15, 0.2) is 0 Å². The second-order valence-electron chi connectivity index (χ2n) is 5.35. The molecule has 0 saturated carbocycles. The van der Waals surface area contributed by atoms with Gasteiger partial charge in [-0.15, -0.1) is 0 Å². The Morgan fingerprint density at radius 3 is 2.80 bits per heavy atom. The summed E-state index contributed by atoms with van der Waals surface area (Å²) in [7, 11) is -3.45. The first-order valence-electron chi connectivity index (χ1n) is 6.15. The zero-order valence-corrected chi connectivity index (χ0v) is 13.8. The maximum Gasteiger partial charge on any atom is 0.233 e. The predicted molar refractivity (Wildman–Crippen MR) is 86.0 cm³/mol. The van der Waals surface area contributed by atoms with Gasteiger partial charge >= 0.3 is 0 Å². The molecule has 6 heteroatoms. The van der Waals surface area contributed by atoms with Crippen LogP contribution in [0.4, 0.5) is 0 Å². The van der Waals surface area contributed by atoms with E-state index in [-0.39, 0.29) is 0 Å². The van der Waals surface area contributed by atoms with Crippen molar-refractivity contribution in [1.82, 2.24) is 9.71 Å². The van der Waals surface area contributed by atoms with Crippen LogP contribution in [0.2, 0.25) is 0 Å². The highest BCUT2D eigenvalue weighted by atomic mass is 79.9. The van der Waals surface area contributed by atoms with Crippen LogP contribution in [0.15, 0.2) is 40.9 Å². The summed E-state index contributed by atoms with van der Waals surface area (Å²) in [5.41, 5.74) is 1.48. The monoisotopic (exact) mass is 356 g/mol. The molecule has 2 N–H and O–H groups in total. The Morgan fingerprint density at radius 1 is 1.45 bits per heavy atom. The highest BCUT2D eigenvalue weighted by molar-refractivity contribution is 9.10. The van der Waals surface area contributed by atoms with Crippen LogP contribution in [0, 0.1) is 0 Å². The Labute approximate surface area is 127 Å². The predicted octanol–water partition coefficient (Wildman–Crippen LogP) is 3.31. The molecular formula is C14H17BrN2O2S. The van der Waals surface area contributed by atoms with E-state index >= 15 is 0 Å². The van der Waals surface area contributed by atoms with Gasteiger partial charge in [0, 0.05) is 32.5 Å². The maximum absolute atomic E-state index is 11.6. The molecule has 4 nitrogen and oxygen atoms in total. The lowest BCUT2D eigenvalue weighted by Gasteiger charge is -2.25. The molecule has 1 aromatic heterocycles. The van der Waals surface area contributed by atoms with Crippen molar-refractivity contribution in [2.24, 2.45) is 0 Å². The molecule has 2 aromatic rings. The van der Waals surface area contributed by atoms with Gasteiger partial charge in [-0.05, 0) is 38.0 Å². The van der Waals surface area contributed by atoms with E-state index in [0.29, 0.717) is 6.42 Å². The van der Waals surface area contributed by atoms with Crippen molar-refractivity contribution in [2.75, 3.05) is 0 Å².